The molecule has 0 atom stereocenters. The van der Waals surface area contributed by atoms with Crippen LogP contribution in [0.4, 0.5) is 10.5 Å². The van der Waals surface area contributed by atoms with Crippen molar-refractivity contribution in [2.45, 2.75) is 0 Å². The van der Waals surface area contributed by atoms with E-state index in [0.29, 0.717) is 10.7 Å². The summed E-state index contributed by atoms with van der Waals surface area (Å²) in [6, 6.07) is 21.7. The number of anilines is 1. The molecule has 32 heavy (non-hydrogen) atoms. The Morgan fingerprint density at radius 3 is 2.22 bits per heavy atom. The normalized spacial score (nSPS) is 10.6. The molecule has 1 N–H and O–H groups in total. The molecule has 4 aromatic rings. The second-order valence-electron chi connectivity index (χ2n) is 6.69. The number of carbonyl (C=O) groups excluding carboxylic acids is 2. The van der Waals surface area contributed by atoms with Crippen molar-refractivity contribution in [1.29, 1.82) is 0 Å². The molecule has 0 spiro atoms. The van der Waals surface area contributed by atoms with Crippen molar-refractivity contribution in [3.8, 4) is 16.9 Å². The molecule has 6 nitrogen and oxygen atoms in total. The summed E-state index contributed by atoms with van der Waals surface area (Å²) in [6.45, 7) is 0. The largest absolute Gasteiger partial charge is 0.343 e. The molecule has 0 bridgehead atoms. The third-order valence-electron chi connectivity index (χ3n) is 4.69. The van der Waals surface area contributed by atoms with Gasteiger partial charge in [-0.05, 0) is 54.6 Å². The topological polar surface area (TPSA) is 67.2 Å². The Morgan fingerprint density at radius 2 is 1.56 bits per heavy atom. The first-order chi connectivity index (χ1) is 15.5. The third kappa shape index (κ3) is 4.48. The van der Waals surface area contributed by atoms with Gasteiger partial charge in [-0.15, -0.1) is 0 Å². The van der Waals surface area contributed by atoms with Gasteiger partial charge in [-0.1, -0.05) is 47.5 Å². The van der Waals surface area contributed by atoms with Crippen molar-refractivity contribution in [3.63, 3.8) is 0 Å². The molecule has 160 valence electrons. The molecule has 4 rings (SSSR count). The zero-order valence-corrected chi connectivity index (χ0v) is 18.6. The zero-order chi connectivity index (χ0) is 22.7. The van der Waals surface area contributed by atoms with E-state index in [-0.39, 0.29) is 10.6 Å². The van der Waals surface area contributed by atoms with Crippen LogP contribution in [-0.4, -0.2) is 21.7 Å². The molecule has 0 aliphatic carbocycles. The zero-order valence-electron chi connectivity index (χ0n) is 16.4. The Bertz CT molecular complexity index is 1270. The number of nitrogens with one attached hydrogen (secondary N) is 1. The number of amides is 3. The van der Waals surface area contributed by atoms with Crippen LogP contribution in [-0.2, 0) is 0 Å². The Balaban J connectivity index is 1.62. The van der Waals surface area contributed by atoms with Crippen LogP contribution in [0.5, 0.6) is 0 Å². The van der Waals surface area contributed by atoms with Gasteiger partial charge in [0, 0.05) is 28.6 Å². The molecule has 3 aromatic carbocycles. The van der Waals surface area contributed by atoms with Gasteiger partial charge in [-0.3, -0.25) is 4.79 Å². The van der Waals surface area contributed by atoms with Crippen molar-refractivity contribution in [2.75, 3.05) is 4.90 Å². The number of halogens is 3. The Kier molecular flexibility index (Phi) is 6.46. The summed E-state index contributed by atoms with van der Waals surface area (Å²) in [5, 5.41) is 5.46. The average Bonchev–Trinajstić information content (AvgIpc) is 3.30. The van der Waals surface area contributed by atoms with Crippen LogP contribution in [0.2, 0.25) is 10.0 Å². The number of nitrogens with zero attached hydrogens (tertiary/aromatic N) is 3. The van der Waals surface area contributed by atoms with Crippen LogP contribution in [0.1, 0.15) is 10.4 Å². The van der Waals surface area contributed by atoms with Gasteiger partial charge in [0.2, 0.25) is 0 Å². The first kappa shape index (κ1) is 21.9. The van der Waals surface area contributed by atoms with E-state index in [4.69, 9.17) is 35.0 Å². The maximum Gasteiger partial charge on any atom is 0.343 e. The summed E-state index contributed by atoms with van der Waals surface area (Å²) in [4.78, 5) is 28.3. The van der Waals surface area contributed by atoms with Crippen LogP contribution in [0.3, 0.4) is 0 Å². The molecule has 3 amide bonds. The van der Waals surface area contributed by atoms with Crippen LogP contribution in [0.25, 0.3) is 16.9 Å². The maximum atomic E-state index is 13.0. The molecule has 9 heteroatoms. The van der Waals surface area contributed by atoms with Gasteiger partial charge in [-0.25, -0.2) is 19.2 Å². The summed E-state index contributed by atoms with van der Waals surface area (Å²) < 4.78 is 1.69. The fourth-order valence-electron chi connectivity index (χ4n) is 3.12. The van der Waals surface area contributed by atoms with Gasteiger partial charge in [0.1, 0.15) is 0 Å². The highest BCUT2D eigenvalue weighted by atomic mass is 35.5. The average molecular weight is 486 g/mol. The monoisotopic (exact) mass is 484 g/mol. The highest BCUT2D eigenvalue weighted by molar-refractivity contribution is 6.37. The van der Waals surface area contributed by atoms with E-state index in [0.717, 1.165) is 21.8 Å². The van der Waals surface area contributed by atoms with E-state index < -0.39 is 11.9 Å². The van der Waals surface area contributed by atoms with E-state index in [1.54, 1.807) is 59.3 Å². The van der Waals surface area contributed by atoms with Crippen molar-refractivity contribution >= 4 is 52.6 Å². The Hall–Kier alpha value is -3.32. The van der Waals surface area contributed by atoms with Gasteiger partial charge < -0.3 is 0 Å². The highest BCUT2D eigenvalue weighted by Crippen LogP contribution is 2.25. The lowest BCUT2D eigenvalue weighted by Crippen LogP contribution is -2.41. The van der Waals surface area contributed by atoms with Gasteiger partial charge in [0.25, 0.3) is 5.91 Å². The van der Waals surface area contributed by atoms with E-state index in [2.05, 4.69) is 5.10 Å². The number of rotatable bonds is 4. The number of hydrogen-bond acceptors (Lipinski definition) is 3. The third-order valence-corrected chi connectivity index (χ3v) is 5.44. The second kappa shape index (κ2) is 9.44. The minimum absolute atomic E-state index is 0.179. The fourth-order valence-corrected chi connectivity index (χ4v) is 3.55. The van der Waals surface area contributed by atoms with E-state index >= 15 is 0 Å². The summed E-state index contributed by atoms with van der Waals surface area (Å²) in [7, 11) is 0. The van der Waals surface area contributed by atoms with Crippen molar-refractivity contribution < 1.29 is 9.59 Å². The molecular formula is C23H15Cl3N4O2. The molecule has 0 aliphatic heterocycles. The van der Waals surface area contributed by atoms with Crippen LogP contribution in [0, 0.1) is 0 Å². The minimum atomic E-state index is -0.798. The Morgan fingerprint density at radius 1 is 0.875 bits per heavy atom. The van der Waals surface area contributed by atoms with Crippen LogP contribution < -0.4 is 9.74 Å². The van der Waals surface area contributed by atoms with Gasteiger partial charge in [-0.2, -0.15) is 5.10 Å². The number of urea groups is 1. The molecule has 0 aliphatic rings. The van der Waals surface area contributed by atoms with Gasteiger partial charge in [0.05, 0.1) is 27.7 Å². The molecule has 0 unspecified atom stereocenters. The number of imide groups is 1. The Labute approximate surface area is 199 Å². The first-order valence-corrected chi connectivity index (χ1v) is 10.5. The second-order valence-corrected chi connectivity index (χ2v) is 7.72. The van der Waals surface area contributed by atoms with Crippen molar-refractivity contribution in [3.05, 3.63) is 101 Å². The SMILES string of the molecule is O=C(NCl)N(C(=O)c1ccccc1Cl)c1ccc(-n2ccc(-c3ccc(Cl)cc3)n2)cc1. The van der Waals surface area contributed by atoms with E-state index in [1.165, 1.54) is 6.07 Å². The molecule has 0 saturated carbocycles. The minimum Gasteiger partial charge on any atom is -0.268 e. The van der Waals surface area contributed by atoms with Crippen molar-refractivity contribution in [1.82, 2.24) is 14.6 Å². The number of aromatic nitrogens is 2. The lowest BCUT2D eigenvalue weighted by molar-refractivity contribution is 0.0994. The number of carbonyl (C=O) groups is 2. The molecule has 1 heterocycles. The molecule has 1 aromatic heterocycles. The predicted molar refractivity (Wildman–Crippen MR) is 127 cm³/mol. The number of hydrogen-bond donors (Lipinski definition) is 1. The van der Waals surface area contributed by atoms with Crippen LogP contribution in [0.15, 0.2) is 85.1 Å². The summed E-state index contributed by atoms with van der Waals surface area (Å²) >= 11 is 17.6. The number of benzene rings is 3. The first-order valence-electron chi connectivity index (χ1n) is 9.39. The highest BCUT2D eigenvalue weighted by Gasteiger charge is 2.26. The van der Waals surface area contributed by atoms with E-state index in [9.17, 15) is 9.59 Å². The molecule has 0 radical (unpaired) electrons. The maximum absolute atomic E-state index is 13.0. The summed E-state index contributed by atoms with van der Waals surface area (Å²) in [5.41, 5.74) is 2.95. The molecule has 0 saturated heterocycles. The van der Waals surface area contributed by atoms with Gasteiger partial charge >= 0.3 is 6.03 Å². The quantitative estimate of drug-likeness (QED) is 0.342. The predicted octanol–water partition coefficient (Wildman–Crippen LogP) is 6.36. The van der Waals surface area contributed by atoms with Crippen molar-refractivity contribution in [2.24, 2.45) is 0 Å². The molecular weight excluding hydrogens is 471 g/mol. The lowest BCUT2D eigenvalue weighted by Gasteiger charge is -2.20. The fraction of sp³-hybridized carbons (Fsp3) is 0. The lowest BCUT2D eigenvalue weighted by atomic mass is 10.1. The summed E-state index contributed by atoms with van der Waals surface area (Å²) in [5.74, 6) is -0.606. The standard InChI is InChI=1S/C23H15Cl3N4O2/c24-16-7-5-15(6-8-16)21-13-14-29(28-21)17-9-11-18(12-10-17)30(23(32)27-26)22(31)19-3-1-2-4-20(19)25/h1-14H,(H,27,32). The van der Waals surface area contributed by atoms with Gasteiger partial charge in [0.15, 0.2) is 0 Å². The molecule has 0 fully saturated rings. The van der Waals surface area contributed by atoms with E-state index in [1.807, 2.05) is 29.2 Å². The van der Waals surface area contributed by atoms with Crippen LogP contribution >= 0.6 is 35.0 Å². The smallest absolute Gasteiger partial charge is 0.268 e. The summed E-state index contributed by atoms with van der Waals surface area (Å²) in [6.07, 6.45) is 1.82.